The van der Waals surface area contributed by atoms with Gasteiger partial charge in [0.15, 0.2) is 0 Å². The first-order valence-electron chi connectivity index (χ1n) is 13.8. The van der Waals surface area contributed by atoms with Crippen LogP contribution in [0.25, 0.3) is 11.1 Å². The van der Waals surface area contributed by atoms with Gasteiger partial charge in [0.05, 0.1) is 37.1 Å². The average molecular weight is 531 g/mol. The van der Waals surface area contributed by atoms with Gasteiger partial charge in [0.1, 0.15) is 11.5 Å². The van der Waals surface area contributed by atoms with Gasteiger partial charge >= 0.3 is 5.97 Å². The number of esters is 1. The van der Waals surface area contributed by atoms with Crippen LogP contribution in [0.3, 0.4) is 0 Å². The minimum absolute atomic E-state index is 0.272. The quantitative estimate of drug-likeness (QED) is 0.210. The van der Waals surface area contributed by atoms with Gasteiger partial charge in [-0.3, -0.25) is 4.79 Å². The Hall–Kier alpha value is -3.84. The summed E-state index contributed by atoms with van der Waals surface area (Å²) in [5.74, 6) is 0.827. The number of ether oxygens (including phenoxy) is 3. The highest BCUT2D eigenvalue weighted by atomic mass is 16.5. The second-order valence-electron chi connectivity index (χ2n) is 9.76. The second kappa shape index (κ2) is 14.4. The van der Waals surface area contributed by atoms with Crippen LogP contribution in [0.2, 0.25) is 0 Å². The van der Waals surface area contributed by atoms with Crippen molar-refractivity contribution < 1.29 is 23.8 Å². The van der Waals surface area contributed by atoms with Crippen molar-refractivity contribution in [3.63, 3.8) is 0 Å². The molecule has 206 valence electrons. The predicted octanol–water partition coefficient (Wildman–Crippen LogP) is 6.34. The minimum atomic E-state index is -0.528. The van der Waals surface area contributed by atoms with Crippen molar-refractivity contribution >= 4 is 17.6 Å². The summed E-state index contributed by atoms with van der Waals surface area (Å²) in [7, 11) is 1.32. The SMILES string of the molecule is CCCCOc1ccc(OCCC2CCNCC2)cc1C(=O)Nc1cc(-c2ccccc2)ccc1C(=O)OC. The smallest absolute Gasteiger partial charge is 0.339 e. The third kappa shape index (κ3) is 7.83. The van der Waals surface area contributed by atoms with E-state index < -0.39 is 5.97 Å². The fourth-order valence-electron chi connectivity index (χ4n) is 4.68. The van der Waals surface area contributed by atoms with E-state index in [1.54, 1.807) is 24.3 Å². The summed E-state index contributed by atoms with van der Waals surface area (Å²) < 4.78 is 17.0. The molecule has 0 saturated carbocycles. The van der Waals surface area contributed by atoms with Gasteiger partial charge in [0.2, 0.25) is 0 Å². The van der Waals surface area contributed by atoms with Gasteiger partial charge in [-0.25, -0.2) is 4.79 Å². The maximum atomic E-state index is 13.6. The van der Waals surface area contributed by atoms with E-state index in [4.69, 9.17) is 14.2 Å². The molecule has 1 aliphatic heterocycles. The summed E-state index contributed by atoms with van der Waals surface area (Å²) in [6.07, 6.45) is 5.15. The second-order valence-corrected chi connectivity index (χ2v) is 9.76. The lowest BCUT2D eigenvalue weighted by molar-refractivity contribution is 0.0602. The zero-order valence-electron chi connectivity index (χ0n) is 22.8. The molecule has 7 heteroatoms. The van der Waals surface area contributed by atoms with E-state index in [2.05, 4.69) is 17.6 Å². The average Bonchev–Trinajstić information content (AvgIpc) is 2.98. The highest BCUT2D eigenvalue weighted by Crippen LogP contribution is 2.30. The van der Waals surface area contributed by atoms with Crippen LogP contribution in [-0.2, 0) is 4.74 Å². The summed E-state index contributed by atoms with van der Waals surface area (Å²) in [4.78, 5) is 26.2. The lowest BCUT2D eigenvalue weighted by Crippen LogP contribution is -2.28. The molecule has 1 amide bonds. The summed E-state index contributed by atoms with van der Waals surface area (Å²) in [5, 5.41) is 6.32. The van der Waals surface area contributed by atoms with E-state index >= 15 is 0 Å². The van der Waals surface area contributed by atoms with E-state index in [9.17, 15) is 9.59 Å². The van der Waals surface area contributed by atoms with Gasteiger partial charge < -0.3 is 24.8 Å². The van der Waals surface area contributed by atoms with Crippen molar-refractivity contribution in [1.82, 2.24) is 5.32 Å². The van der Waals surface area contributed by atoms with Crippen molar-refractivity contribution in [2.45, 2.75) is 39.0 Å². The molecular weight excluding hydrogens is 492 g/mol. The lowest BCUT2D eigenvalue weighted by atomic mass is 9.95. The molecule has 39 heavy (non-hydrogen) atoms. The molecule has 0 unspecified atom stereocenters. The molecule has 7 nitrogen and oxygen atoms in total. The van der Waals surface area contributed by atoms with Crippen LogP contribution < -0.4 is 20.1 Å². The molecule has 1 aliphatic rings. The molecule has 1 saturated heterocycles. The van der Waals surface area contributed by atoms with Gasteiger partial charge in [0, 0.05) is 0 Å². The summed E-state index contributed by atoms with van der Waals surface area (Å²) in [6, 6.07) is 20.4. The molecule has 0 spiro atoms. The Bertz CT molecular complexity index is 1240. The van der Waals surface area contributed by atoms with Crippen LogP contribution in [0.15, 0.2) is 66.7 Å². The van der Waals surface area contributed by atoms with E-state index in [0.29, 0.717) is 41.9 Å². The van der Waals surface area contributed by atoms with E-state index in [0.717, 1.165) is 56.3 Å². The molecule has 1 heterocycles. The molecule has 2 N–H and O–H groups in total. The highest BCUT2D eigenvalue weighted by Gasteiger charge is 2.20. The number of amides is 1. The number of anilines is 1. The number of piperidine rings is 1. The van der Waals surface area contributed by atoms with E-state index in [-0.39, 0.29) is 11.5 Å². The molecule has 0 radical (unpaired) electrons. The molecule has 0 bridgehead atoms. The van der Waals surface area contributed by atoms with Crippen molar-refractivity contribution in [3.8, 4) is 22.6 Å². The Morgan fingerprint density at radius 2 is 1.69 bits per heavy atom. The Balaban J connectivity index is 1.57. The monoisotopic (exact) mass is 530 g/mol. The maximum Gasteiger partial charge on any atom is 0.339 e. The van der Waals surface area contributed by atoms with E-state index in [1.165, 1.54) is 7.11 Å². The number of carbonyl (C=O) groups excluding carboxylic acids is 2. The number of benzene rings is 3. The Labute approximate surface area is 230 Å². The normalized spacial score (nSPS) is 13.5. The van der Waals surface area contributed by atoms with Gasteiger partial charge in [0.25, 0.3) is 5.91 Å². The van der Waals surface area contributed by atoms with Crippen LogP contribution >= 0.6 is 0 Å². The maximum absolute atomic E-state index is 13.6. The first kappa shape index (κ1) is 28.2. The molecule has 3 aromatic rings. The number of hydrogen-bond acceptors (Lipinski definition) is 6. The Kier molecular flexibility index (Phi) is 10.4. The number of hydrogen-bond donors (Lipinski definition) is 2. The Morgan fingerprint density at radius 1 is 0.897 bits per heavy atom. The van der Waals surface area contributed by atoms with Crippen LogP contribution in [-0.4, -0.2) is 45.3 Å². The summed E-state index contributed by atoms with van der Waals surface area (Å²) in [6.45, 7) is 5.29. The highest BCUT2D eigenvalue weighted by molar-refractivity contribution is 6.10. The van der Waals surface area contributed by atoms with Crippen molar-refractivity contribution in [2.24, 2.45) is 5.92 Å². The van der Waals surface area contributed by atoms with Crippen LogP contribution in [0.1, 0.15) is 59.7 Å². The molecule has 3 aromatic carbocycles. The summed E-state index contributed by atoms with van der Waals surface area (Å²) >= 11 is 0. The molecule has 0 atom stereocenters. The van der Waals surface area contributed by atoms with E-state index in [1.807, 2.05) is 42.5 Å². The number of carbonyl (C=O) groups is 2. The molecule has 4 rings (SSSR count). The zero-order valence-corrected chi connectivity index (χ0v) is 22.8. The first-order valence-corrected chi connectivity index (χ1v) is 13.8. The lowest BCUT2D eigenvalue weighted by Gasteiger charge is -2.22. The molecule has 0 aliphatic carbocycles. The van der Waals surface area contributed by atoms with Crippen molar-refractivity contribution in [2.75, 3.05) is 38.7 Å². The van der Waals surface area contributed by atoms with Crippen molar-refractivity contribution in [1.29, 1.82) is 0 Å². The largest absolute Gasteiger partial charge is 0.494 e. The summed E-state index contributed by atoms with van der Waals surface area (Å²) in [5.41, 5.74) is 2.83. The van der Waals surface area contributed by atoms with Crippen molar-refractivity contribution in [3.05, 3.63) is 77.9 Å². The van der Waals surface area contributed by atoms with Crippen LogP contribution in [0.4, 0.5) is 5.69 Å². The first-order chi connectivity index (χ1) is 19.1. The Morgan fingerprint density at radius 3 is 2.44 bits per heavy atom. The number of methoxy groups -OCH3 is 1. The standard InChI is InChI=1S/C32H38N2O5/c1-3-4-19-39-30-13-11-26(38-20-16-23-14-17-33-18-15-23)22-28(30)31(35)34-29-21-25(24-8-6-5-7-9-24)10-12-27(29)32(36)37-2/h5-13,21-23,33H,3-4,14-20H2,1-2H3,(H,34,35). The third-order valence-electron chi connectivity index (χ3n) is 6.98. The third-order valence-corrected chi connectivity index (χ3v) is 6.98. The van der Waals surface area contributed by atoms with Crippen LogP contribution in [0.5, 0.6) is 11.5 Å². The zero-order chi connectivity index (χ0) is 27.5. The minimum Gasteiger partial charge on any atom is -0.494 e. The van der Waals surface area contributed by atoms with Gasteiger partial charge in [-0.2, -0.15) is 0 Å². The van der Waals surface area contributed by atoms with Crippen LogP contribution in [0, 0.1) is 5.92 Å². The predicted molar refractivity (Wildman–Crippen MR) is 154 cm³/mol. The molecular formula is C32H38N2O5. The molecule has 1 fully saturated rings. The van der Waals surface area contributed by atoms with Gasteiger partial charge in [-0.15, -0.1) is 0 Å². The molecule has 0 aromatic heterocycles. The number of nitrogens with one attached hydrogen (secondary N) is 2. The number of unbranched alkanes of at least 4 members (excludes halogenated alkanes) is 1. The topological polar surface area (TPSA) is 85.9 Å². The fraction of sp³-hybridized carbons (Fsp3) is 0.375. The van der Waals surface area contributed by atoms with Gasteiger partial charge in [-0.05, 0) is 86.1 Å². The number of rotatable bonds is 12. The van der Waals surface area contributed by atoms with Gasteiger partial charge in [-0.1, -0.05) is 49.7 Å². The fourth-order valence-corrected chi connectivity index (χ4v) is 4.68.